The Labute approximate surface area is 235 Å². The molecule has 4 aliphatic heterocycles. The third-order valence-corrected chi connectivity index (χ3v) is 11.0. The van der Waals surface area contributed by atoms with Crippen LogP contribution in [0.2, 0.25) is 0 Å². The van der Waals surface area contributed by atoms with Gasteiger partial charge in [-0.1, -0.05) is 0 Å². The van der Waals surface area contributed by atoms with Crippen LogP contribution in [-0.2, 0) is 6.42 Å². The van der Waals surface area contributed by atoms with Crippen LogP contribution >= 0.6 is 0 Å². The summed E-state index contributed by atoms with van der Waals surface area (Å²) in [5.41, 5.74) is 5.10. The van der Waals surface area contributed by atoms with Crippen LogP contribution in [0.1, 0.15) is 48.8 Å². The summed E-state index contributed by atoms with van der Waals surface area (Å²) in [5.74, 6) is 0. The van der Waals surface area contributed by atoms with Crippen LogP contribution < -0.4 is 40.5 Å². The maximum atomic E-state index is 14.4. The number of urea groups is 1. The van der Waals surface area contributed by atoms with E-state index in [1.54, 1.807) is 13.1 Å². The molecule has 210 valence electrons. The Morgan fingerprint density at radius 2 is 1.92 bits per heavy atom. The van der Waals surface area contributed by atoms with Gasteiger partial charge in [-0.25, -0.2) is 0 Å². The molecule has 1 saturated heterocycles. The van der Waals surface area contributed by atoms with Crippen molar-refractivity contribution in [1.29, 1.82) is 0 Å². The SMILES string of the molecule is CNC(=O)N1CCC(NC2CCNCC2)=C([I-]N2CCCc3cc(C4=CN(C)N(C)C4)c(C(F)F)cc32)C1. The van der Waals surface area contributed by atoms with Crippen molar-refractivity contribution < 1.29 is 35.1 Å². The van der Waals surface area contributed by atoms with Gasteiger partial charge in [-0.05, 0) is 0 Å². The van der Waals surface area contributed by atoms with Crippen LogP contribution in [0.3, 0.4) is 0 Å². The third kappa shape index (κ3) is 5.89. The Morgan fingerprint density at radius 1 is 1.13 bits per heavy atom. The third-order valence-electron chi connectivity index (χ3n) is 7.89. The zero-order chi connectivity index (χ0) is 26.8. The predicted octanol–water partition coefficient (Wildman–Crippen LogP) is 0.112. The molecule has 0 radical (unpaired) electrons. The summed E-state index contributed by atoms with van der Waals surface area (Å²) in [7, 11) is 5.57. The first-order valence-corrected chi connectivity index (χ1v) is 15.6. The summed E-state index contributed by atoms with van der Waals surface area (Å²) in [6, 6.07) is 4.16. The number of hydrogen-bond donors (Lipinski definition) is 3. The summed E-state index contributed by atoms with van der Waals surface area (Å²) in [6.07, 6.45) is 4.30. The van der Waals surface area contributed by atoms with Gasteiger partial charge in [0.2, 0.25) is 0 Å². The second-order valence-corrected chi connectivity index (χ2v) is 13.4. The van der Waals surface area contributed by atoms with Crippen LogP contribution in [0.15, 0.2) is 27.6 Å². The quantitative estimate of drug-likeness (QED) is 0.303. The fraction of sp³-hybridized carbons (Fsp3) is 0.593. The van der Waals surface area contributed by atoms with E-state index in [1.807, 2.05) is 41.3 Å². The number of nitrogens with zero attached hydrogens (tertiary/aromatic N) is 4. The average molecular weight is 643 g/mol. The molecule has 0 aliphatic carbocycles. The number of piperidine rings is 1. The average Bonchev–Trinajstić information content (AvgIpc) is 3.26. The van der Waals surface area contributed by atoms with E-state index in [0.717, 1.165) is 68.6 Å². The first-order valence-electron chi connectivity index (χ1n) is 13.5. The number of carbonyl (C=O) groups excluding carboxylic acids is 1. The fourth-order valence-corrected chi connectivity index (χ4v) is 8.92. The fourth-order valence-electron chi connectivity index (χ4n) is 5.65. The van der Waals surface area contributed by atoms with Crippen molar-refractivity contribution in [3.05, 3.63) is 44.3 Å². The zero-order valence-electron chi connectivity index (χ0n) is 22.5. The predicted molar refractivity (Wildman–Crippen MR) is 142 cm³/mol. The molecular weight excluding hydrogens is 603 g/mol. The topological polar surface area (TPSA) is 66.1 Å². The van der Waals surface area contributed by atoms with Gasteiger partial charge in [0.1, 0.15) is 0 Å². The number of likely N-dealkylation sites (N-methyl/N-ethyl adjacent to an activating group) is 1. The Kier molecular flexibility index (Phi) is 8.63. The molecule has 3 N–H and O–H groups in total. The van der Waals surface area contributed by atoms with E-state index >= 15 is 0 Å². The van der Waals surface area contributed by atoms with Crippen LogP contribution in [0, 0.1) is 0 Å². The number of hydrogen-bond acceptors (Lipinski definition) is 6. The number of carbonyl (C=O) groups is 1. The van der Waals surface area contributed by atoms with E-state index in [4.69, 9.17) is 0 Å². The molecule has 0 aromatic heterocycles. The molecule has 8 nitrogen and oxygen atoms in total. The molecule has 1 aromatic carbocycles. The molecule has 4 aliphatic rings. The Hall–Kier alpha value is -2.12. The van der Waals surface area contributed by atoms with Crippen molar-refractivity contribution in [2.75, 3.05) is 63.5 Å². The minimum absolute atomic E-state index is 0.0594. The molecule has 1 fully saturated rings. The van der Waals surface area contributed by atoms with E-state index in [9.17, 15) is 13.6 Å². The van der Waals surface area contributed by atoms with Crippen LogP contribution in [-0.4, -0.2) is 87.4 Å². The summed E-state index contributed by atoms with van der Waals surface area (Å²) in [5, 5.41) is 14.0. The second kappa shape index (κ2) is 12.0. The van der Waals surface area contributed by atoms with E-state index in [1.165, 1.54) is 9.28 Å². The van der Waals surface area contributed by atoms with E-state index in [0.29, 0.717) is 31.2 Å². The number of halogens is 3. The molecule has 5 rings (SSSR count). The molecule has 0 unspecified atom stereocenters. The number of aryl methyl sites for hydroxylation is 1. The van der Waals surface area contributed by atoms with Gasteiger partial charge in [-0.2, -0.15) is 0 Å². The molecule has 0 bridgehead atoms. The van der Waals surface area contributed by atoms with Crippen molar-refractivity contribution in [2.24, 2.45) is 0 Å². The van der Waals surface area contributed by atoms with Gasteiger partial charge in [-0.3, -0.25) is 0 Å². The van der Waals surface area contributed by atoms with Gasteiger partial charge in [0.15, 0.2) is 0 Å². The number of amides is 2. The summed E-state index contributed by atoms with van der Waals surface area (Å²) < 4.78 is 32.4. The van der Waals surface area contributed by atoms with Crippen molar-refractivity contribution >= 4 is 17.3 Å². The molecule has 4 heterocycles. The molecular formula is C27H39F2IN7O-. The van der Waals surface area contributed by atoms with Gasteiger partial charge in [-0.15, -0.1) is 0 Å². The molecule has 2 amide bonds. The van der Waals surface area contributed by atoms with Crippen LogP contribution in [0.25, 0.3) is 5.57 Å². The summed E-state index contributed by atoms with van der Waals surface area (Å²) >= 11 is -0.665. The number of alkyl halides is 2. The number of rotatable bonds is 6. The molecule has 0 saturated carbocycles. The molecule has 11 heteroatoms. The number of fused-ring (bicyclic) bond motifs is 1. The normalized spacial score (nSPS) is 21.3. The van der Waals surface area contributed by atoms with E-state index in [2.05, 4.69) is 19.1 Å². The van der Waals surface area contributed by atoms with Crippen molar-refractivity contribution in [3.8, 4) is 0 Å². The van der Waals surface area contributed by atoms with Crippen molar-refractivity contribution in [2.45, 2.75) is 44.6 Å². The minimum atomic E-state index is -2.54. The Bertz CT molecular complexity index is 1110. The number of anilines is 1. The van der Waals surface area contributed by atoms with Gasteiger partial charge in [0.05, 0.1) is 0 Å². The molecule has 0 atom stereocenters. The first-order chi connectivity index (χ1) is 18.3. The number of nitrogens with one attached hydrogen (secondary N) is 3. The monoisotopic (exact) mass is 642 g/mol. The van der Waals surface area contributed by atoms with E-state index in [-0.39, 0.29) is 11.6 Å². The summed E-state index contributed by atoms with van der Waals surface area (Å²) in [4.78, 5) is 14.4. The maximum absolute atomic E-state index is 14.4. The second-order valence-electron chi connectivity index (χ2n) is 10.5. The summed E-state index contributed by atoms with van der Waals surface area (Å²) in [6.45, 7) is 4.80. The Balaban J connectivity index is 1.45. The van der Waals surface area contributed by atoms with Gasteiger partial charge >= 0.3 is 236 Å². The molecule has 1 aromatic rings. The Morgan fingerprint density at radius 3 is 2.61 bits per heavy atom. The first kappa shape index (κ1) is 27.4. The van der Waals surface area contributed by atoms with Crippen LogP contribution in [0.5, 0.6) is 0 Å². The molecule has 38 heavy (non-hydrogen) atoms. The van der Waals surface area contributed by atoms with Gasteiger partial charge in [0.25, 0.3) is 0 Å². The van der Waals surface area contributed by atoms with Crippen molar-refractivity contribution in [3.63, 3.8) is 0 Å². The zero-order valence-corrected chi connectivity index (χ0v) is 24.7. The van der Waals surface area contributed by atoms with E-state index < -0.39 is 27.9 Å². The van der Waals surface area contributed by atoms with Crippen LogP contribution in [0.4, 0.5) is 19.3 Å². The van der Waals surface area contributed by atoms with Gasteiger partial charge in [0, 0.05) is 0 Å². The number of hydrazine groups is 1. The molecule has 0 spiro atoms. The van der Waals surface area contributed by atoms with Gasteiger partial charge < -0.3 is 0 Å². The van der Waals surface area contributed by atoms with Crippen molar-refractivity contribution in [1.82, 2.24) is 30.9 Å². The number of benzene rings is 1. The standard InChI is InChI=1S/C27H39F2IN7O/c1-31-27(38)36-12-8-24(33-20-6-9-32-10-7-20)23(17-36)30-37-11-4-5-18-13-21(19-15-34(2)35(3)16-19)22(26(28)29)14-25(18)37/h13-15,20,26,32-33H,4-12,16-17H2,1-3H3,(H,31,38)/q-1.